The van der Waals surface area contributed by atoms with E-state index >= 15 is 0 Å². The molecule has 0 saturated carbocycles. The van der Waals surface area contributed by atoms with Crippen molar-refractivity contribution in [2.45, 2.75) is 25.2 Å². The third-order valence-electron chi connectivity index (χ3n) is 5.08. The van der Waals surface area contributed by atoms with E-state index in [0.717, 1.165) is 19.5 Å². The molecule has 1 aliphatic heterocycles. The second-order valence-corrected chi connectivity index (χ2v) is 9.70. The van der Waals surface area contributed by atoms with Gasteiger partial charge in [-0.15, -0.1) is 0 Å². The Labute approximate surface area is 183 Å². The number of rotatable bonds is 8. The van der Waals surface area contributed by atoms with Crippen LogP contribution in [0, 0.1) is 23.2 Å². The van der Waals surface area contributed by atoms with Crippen molar-refractivity contribution in [1.29, 1.82) is 5.26 Å². The average molecular weight is 445 g/mol. The summed E-state index contributed by atoms with van der Waals surface area (Å²) in [7, 11) is -2.08. The third-order valence-corrected chi connectivity index (χ3v) is 6.55. The predicted octanol–water partition coefficient (Wildman–Crippen LogP) is 2.50. The molecule has 10 heteroatoms. The summed E-state index contributed by atoms with van der Waals surface area (Å²) in [6.45, 7) is 6.60. The van der Waals surface area contributed by atoms with Gasteiger partial charge in [0.15, 0.2) is 5.82 Å². The molecule has 0 bridgehead atoms. The molecule has 0 aliphatic carbocycles. The number of nitriles is 1. The number of ether oxygens (including phenoxy) is 1. The van der Waals surface area contributed by atoms with Crippen LogP contribution in [-0.2, 0) is 14.8 Å². The van der Waals surface area contributed by atoms with Gasteiger partial charge in [0.25, 0.3) is 0 Å². The summed E-state index contributed by atoms with van der Waals surface area (Å²) in [5.41, 5.74) is 1.09. The lowest BCUT2D eigenvalue weighted by Crippen LogP contribution is -2.39. The van der Waals surface area contributed by atoms with E-state index in [9.17, 15) is 13.7 Å². The molecule has 3 rings (SSSR count). The standard InChI is InChI=1S/C21H28N6O3S/c1-15-10-16(2)14-27(13-15)20-17(11-22)12-23-21(26-20)25-18-4-6-19(7-5-18)31(28,29)24-8-9-30-3/h4-7,12,15-16,24H,8-10,13-14H2,1-3H3,(H,23,25,26). The Morgan fingerprint density at radius 3 is 2.52 bits per heavy atom. The molecule has 0 amide bonds. The van der Waals surface area contributed by atoms with Gasteiger partial charge in [-0.1, -0.05) is 13.8 Å². The fourth-order valence-corrected chi connectivity index (χ4v) is 4.81. The molecule has 2 atom stereocenters. The summed E-state index contributed by atoms with van der Waals surface area (Å²) in [5, 5.41) is 12.6. The molecule has 166 valence electrons. The molecule has 31 heavy (non-hydrogen) atoms. The van der Waals surface area contributed by atoms with E-state index < -0.39 is 10.0 Å². The number of hydrogen-bond acceptors (Lipinski definition) is 8. The molecule has 2 aromatic rings. The highest BCUT2D eigenvalue weighted by atomic mass is 32.2. The Morgan fingerprint density at radius 1 is 1.23 bits per heavy atom. The van der Waals surface area contributed by atoms with E-state index in [2.05, 4.69) is 44.8 Å². The third kappa shape index (κ3) is 5.91. The van der Waals surface area contributed by atoms with Crippen LogP contribution in [0.4, 0.5) is 17.5 Å². The van der Waals surface area contributed by atoms with E-state index in [0.29, 0.717) is 41.5 Å². The zero-order valence-corrected chi connectivity index (χ0v) is 18.8. The van der Waals surface area contributed by atoms with Crippen molar-refractivity contribution in [1.82, 2.24) is 14.7 Å². The van der Waals surface area contributed by atoms with Crippen LogP contribution in [0.2, 0.25) is 0 Å². The Kier molecular flexibility index (Phi) is 7.43. The Hall–Kier alpha value is -2.74. The summed E-state index contributed by atoms with van der Waals surface area (Å²) >= 11 is 0. The first-order valence-corrected chi connectivity index (χ1v) is 11.7. The van der Waals surface area contributed by atoms with Gasteiger partial charge in [-0.2, -0.15) is 10.2 Å². The molecule has 0 radical (unpaired) electrons. The van der Waals surface area contributed by atoms with E-state index in [4.69, 9.17) is 4.74 Å². The van der Waals surface area contributed by atoms with E-state index in [1.165, 1.54) is 25.4 Å². The Morgan fingerprint density at radius 2 is 1.90 bits per heavy atom. The molecule has 0 spiro atoms. The van der Waals surface area contributed by atoms with Crippen LogP contribution in [0.3, 0.4) is 0 Å². The van der Waals surface area contributed by atoms with Crippen LogP contribution in [-0.4, -0.2) is 51.7 Å². The molecular weight excluding hydrogens is 416 g/mol. The SMILES string of the molecule is COCCNS(=O)(=O)c1ccc(Nc2ncc(C#N)c(N3CC(C)CC(C)C3)n2)cc1. The summed E-state index contributed by atoms with van der Waals surface area (Å²) < 4.78 is 31.9. The maximum absolute atomic E-state index is 12.3. The highest BCUT2D eigenvalue weighted by molar-refractivity contribution is 7.89. The summed E-state index contributed by atoms with van der Waals surface area (Å²) in [4.78, 5) is 11.1. The maximum Gasteiger partial charge on any atom is 0.240 e. The molecule has 1 saturated heterocycles. The van der Waals surface area contributed by atoms with Crippen molar-refractivity contribution >= 4 is 27.5 Å². The molecular formula is C21H28N6O3S. The quantitative estimate of drug-likeness (QED) is 0.596. The van der Waals surface area contributed by atoms with Gasteiger partial charge >= 0.3 is 0 Å². The molecule has 2 heterocycles. The first kappa shape index (κ1) is 22.9. The maximum atomic E-state index is 12.3. The van der Waals surface area contributed by atoms with Crippen LogP contribution in [0.15, 0.2) is 35.4 Å². The minimum atomic E-state index is -3.59. The fourth-order valence-electron chi connectivity index (χ4n) is 3.80. The number of aromatic nitrogens is 2. The van der Waals surface area contributed by atoms with E-state index in [-0.39, 0.29) is 11.4 Å². The molecule has 9 nitrogen and oxygen atoms in total. The number of benzene rings is 1. The first-order valence-electron chi connectivity index (χ1n) is 10.2. The fraction of sp³-hybridized carbons (Fsp3) is 0.476. The molecule has 2 unspecified atom stereocenters. The summed E-state index contributed by atoms with van der Waals surface area (Å²) in [6.07, 6.45) is 2.68. The number of hydrogen-bond donors (Lipinski definition) is 2. The van der Waals surface area contributed by atoms with Gasteiger partial charge in [-0.3, -0.25) is 0 Å². The second kappa shape index (κ2) is 10.0. The zero-order valence-electron chi connectivity index (χ0n) is 18.0. The van der Waals surface area contributed by atoms with Crippen LogP contribution >= 0.6 is 0 Å². The Bertz CT molecular complexity index is 1030. The van der Waals surface area contributed by atoms with Crippen molar-refractivity contribution in [3.63, 3.8) is 0 Å². The van der Waals surface area contributed by atoms with Gasteiger partial charge in [0, 0.05) is 32.4 Å². The van der Waals surface area contributed by atoms with Gasteiger partial charge in [0.2, 0.25) is 16.0 Å². The van der Waals surface area contributed by atoms with Gasteiger partial charge in [0.1, 0.15) is 11.6 Å². The molecule has 1 aromatic heterocycles. The van der Waals surface area contributed by atoms with Crippen molar-refractivity contribution < 1.29 is 13.2 Å². The van der Waals surface area contributed by atoms with Crippen LogP contribution in [0.5, 0.6) is 0 Å². The molecule has 2 N–H and O–H groups in total. The minimum Gasteiger partial charge on any atom is -0.383 e. The lowest BCUT2D eigenvalue weighted by atomic mass is 9.92. The summed E-state index contributed by atoms with van der Waals surface area (Å²) in [6, 6.07) is 8.50. The smallest absolute Gasteiger partial charge is 0.240 e. The largest absolute Gasteiger partial charge is 0.383 e. The number of sulfonamides is 1. The molecule has 1 aliphatic rings. The monoisotopic (exact) mass is 444 g/mol. The van der Waals surface area contributed by atoms with Crippen molar-refractivity contribution in [3.8, 4) is 6.07 Å². The lowest BCUT2D eigenvalue weighted by molar-refractivity contribution is 0.204. The van der Waals surface area contributed by atoms with Gasteiger partial charge in [-0.25, -0.2) is 18.1 Å². The van der Waals surface area contributed by atoms with Crippen molar-refractivity contribution in [3.05, 3.63) is 36.0 Å². The van der Waals surface area contributed by atoms with E-state index in [1.807, 2.05) is 0 Å². The Balaban J connectivity index is 1.76. The van der Waals surface area contributed by atoms with Crippen LogP contribution < -0.4 is 14.9 Å². The lowest BCUT2D eigenvalue weighted by Gasteiger charge is -2.36. The number of nitrogens with one attached hydrogen (secondary N) is 2. The zero-order chi connectivity index (χ0) is 22.4. The van der Waals surface area contributed by atoms with Crippen LogP contribution in [0.25, 0.3) is 0 Å². The van der Waals surface area contributed by atoms with E-state index in [1.54, 1.807) is 12.1 Å². The molecule has 1 fully saturated rings. The molecule has 1 aromatic carbocycles. The predicted molar refractivity (Wildman–Crippen MR) is 119 cm³/mol. The number of anilines is 3. The topological polar surface area (TPSA) is 120 Å². The summed E-state index contributed by atoms with van der Waals surface area (Å²) in [5.74, 6) is 2.02. The van der Waals surface area contributed by atoms with Gasteiger partial charge < -0.3 is 15.0 Å². The average Bonchev–Trinajstić information content (AvgIpc) is 2.73. The van der Waals surface area contributed by atoms with Gasteiger partial charge in [0.05, 0.1) is 17.7 Å². The van der Waals surface area contributed by atoms with Crippen molar-refractivity contribution in [2.24, 2.45) is 11.8 Å². The normalized spacial score (nSPS) is 19.1. The number of methoxy groups -OCH3 is 1. The first-order chi connectivity index (χ1) is 14.8. The number of piperidine rings is 1. The van der Waals surface area contributed by atoms with Crippen molar-refractivity contribution in [2.75, 3.05) is 43.6 Å². The highest BCUT2D eigenvalue weighted by Crippen LogP contribution is 2.28. The second-order valence-electron chi connectivity index (χ2n) is 7.93. The highest BCUT2D eigenvalue weighted by Gasteiger charge is 2.25. The van der Waals surface area contributed by atoms with Crippen LogP contribution in [0.1, 0.15) is 25.8 Å². The van der Waals surface area contributed by atoms with Gasteiger partial charge in [-0.05, 0) is 42.5 Å². The number of nitrogens with zero attached hydrogens (tertiary/aromatic N) is 4. The minimum absolute atomic E-state index is 0.159.